The second-order valence-corrected chi connectivity index (χ2v) is 6.69. The van der Waals surface area contributed by atoms with Crippen molar-refractivity contribution in [2.75, 3.05) is 0 Å². The van der Waals surface area contributed by atoms with Gasteiger partial charge >= 0.3 is 19.5 Å². The van der Waals surface area contributed by atoms with Gasteiger partial charge in [-0.3, -0.25) is 19.9 Å². The Morgan fingerprint density at radius 1 is 0.371 bits per heavy atom. The number of nitrogens with zero attached hydrogens (tertiary/aromatic N) is 8. The van der Waals surface area contributed by atoms with Crippen LogP contribution in [-0.4, -0.2) is 30.1 Å². The molecule has 0 saturated carbocycles. The molecule has 6 rings (SSSR count). The fourth-order valence-corrected chi connectivity index (χ4v) is 2.80. The summed E-state index contributed by atoms with van der Waals surface area (Å²) in [6, 6.07) is 26.7. The SMILES string of the molecule is [Ru+2].c1ccc(-c2ccccn2)nc1.c1ccc(-c2ccn[n-]2)nc1.c1ccc(-c2ccn[n-]2)nc1. The van der Waals surface area contributed by atoms with Crippen molar-refractivity contribution in [3.05, 3.63) is 122 Å². The van der Waals surface area contributed by atoms with E-state index in [9.17, 15) is 0 Å². The fourth-order valence-electron chi connectivity index (χ4n) is 2.80. The molecule has 6 aromatic heterocycles. The maximum atomic E-state index is 4.19. The Labute approximate surface area is 215 Å². The largest absolute Gasteiger partial charge is 2.00 e. The zero-order valence-electron chi connectivity index (χ0n) is 18.5. The first-order valence-corrected chi connectivity index (χ1v) is 10.4. The van der Waals surface area contributed by atoms with E-state index in [1.54, 1.807) is 37.2 Å². The van der Waals surface area contributed by atoms with Gasteiger partial charge in [0.15, 0.2) is 0 Å². The van der Waals surface area contributed by atoms with Crippen LogP contribution in [0.15, 0.2) is 122 Å². The second kappa shape index (κ2) is 14.0. The van der Waals surface area contributed by atoms with E-state index in [2.05, 4.69) is 40.3 Å². The molecule has 0 aliphatic heterocycles. The van der Waals surface area contributed by atoms with Gasteiger partial charge in [0.2, 0.25) is 0 Å². The number of hydrogen-bond donors (Lipinski definition) is 0. The van der Waals surface area contributed by atoms with Crippen LogP contribution in [0.3, 0.4) is 0 Å². The molecule has 0 saturated heterocycles. The number of hydrogen-bond acceptors (Lipinski definition) is 6. The van der Waals surface area contributed by atoms with E-state index in [0.717, 1.165) is 34.2 Å². The molecule has 0 spiro atoms. The van der Waals surface area contributed by atoms with Crippen LogP contribution in [0.25, 0.3) is 34.2 Å². The van der Waals surface area contributed by atoms with E-state index in [1.807, 2.05) is 84.9 Å². The van der Waals surface area contributed by atoms with Crippen molar-refractivity contribution in [1.82, 2.24) is 40.3 Å². The third-order valence-corrected chi connectivity index (χ3v) is 4.38. The van der Waals surface area contributed by atoms with Crippen LogP contribution in [0.4, 0.5) is 0 Å². The minimum Gasteiger partial charge on any atom is -0.574 e. The molecule has 0 atom stereocenters. The van der Waals surface area contributed by atoms with E-state index < -0.39 is 0 Å². The van der Waals surface area contributed by atoms with E-state index in [0.29, 0.717) is 0 Å². The van der Waals surface area contributed by atoms with Crippen molar-refractivity contribution >= 4 is 0 Å². The smallest absolute Gasteiger partial charge is 0.574 e. The maximum absolute atomic E-state index is 4.19. The fraction of sp³-hybridized carbons (Fsp3) is 0. The zero-order valence-corrected chi connectivity index (χ0v) is 20.2. The standard InChI is InChI=1S/C10H8N2.2C8H6N3.Ru/c1-3-7-11-9(5-1)10-6-2-4-8-12-10;2*1-2-5-9-7(3-1)8-4-6-10-11-8;/h1-8H;2*1-6H;/q;2*-1;+2. The average molecular weight is 546 g/mol. The maximum Gasteiger partial charge on any atom is 2.00 e. The molecule has 6 aromatic rings. The van der Waals surface area contributed by atoms with Gasteiger partial charge in [-0.1, -0.05) is 47.8 Å². The summed E-state index contributed by atoms with van der Waals surface area (Å²) in [5.41, 5.74) is 5.21. The van der Waals surface area contributed by atoms with Crippen LogP contribution in [0.5, 0.6) is 0 Å². The minimum atomic E-state index is 0. The molecule has 0 radical (unpaired) electrons. The number of pyridine rings is 4. The Morgan fingerprint density at radius 3 is 0.971 bits per heavy atom. The Morgan fingerprint density at radius 2 is 0.714 bits per heavy atom. The number of rotatable bonds is 3. The van der Waals surface area contributed by atoms with Crippen LogP contribution < -0.4 is 10.2 Å². The molecule has 0 N–H and O–H groups in total. The van der Waals surface area contributed by atoms with Crippen molar-refractivity contribution in [2.24, 2.45) is 0 Å². The zero-order chi connectivity index (χ0) is 23.3. The summed E-state index contributed by atoms with van der Waals surface area (Å²) in [7, 11) is 0. The second-order valence-electron chi connectivity index (χ2n) is 6.69. The summed E-state index contributed by atoms with van der Waals surface area (Å²) in [6.45, 7) is 0. The van der Waals surface area contributed by atoms with Gasteiger partial charge in [-0.05, 0) is 48.5 Å². The van der Waals surface area contributed by atoms with Gasteiger partial charge in [0.1, 0.15) is 0 Å². The van der Waals surface area contributed by atoms with Crippen LogP contribution in [0.2, 0.25) is 0 Å². The predicted molar refractivity (Wildman–Crippen MR) is 129 cm³/mol. The van der Waals surface area contributed by atoms with Gasteiger partial charge in [0.25, 0.3) is 0 Å². The Hall–Kier alpha value is -4.36. The quantitative estimate of drug-likeness (QED) is 0.303. The van der Waals surface area contributed by atoms with Gasteiger partial charge < -0.3 is 20.4 Å². The molecule has 0 aliphatic carbocycles. The van der Waals surface area contributed by atoms with Crippen molar-refractivity contribution in [2.45, 2.75) is 0 Å². The molecular formula is C26H20N8Ru. The van der Waals surface area contributed by atoms with Crippen LogP contribution >= 0.6 is 0 Å². The van der Waals surface area contributed by atoms with E-state index in [1.165, 1.54) is 0 Å². The average Bonchev–Trinajstić information content (AvgIpc) is 3.67. The first-order chi connectivity index (χ1) is 16.9. The molecule has 9 heteroatoms. The van der Waals surface area contributed by atoms with E-state index >= 15 is 0 Å². The summed E-state index contributed by atoms with van der Waals surface area (Å²) >= 11 is 0. The Kier molecular flexibility index (Phi) is 10.1. The molecule has 8 nitrogen and oxygen atoms in total. The van der Waals surface area contributed by atoms with Gasteiger partial charge in [-0.15, -0.1) is 0 Å². The molecule has 0 amide bonds. The normalized spacial score (nSPS) is 9.49. The first-order valence-electron chi connectivity index (χ1n) is 10.4. The molecule has 172 valence electrons. The molecule has 6 heterocycles. The summed E-state index contributed by atoms with van der Waals surface area (Å²) in [5.74, 6) is 0. The van der Waals surface area contributed by atoms with Crippen molar-refractivity contribution in [3.63, 3.8) is 0 Å². The van der Waals surface area contributed by atoms with E-state index in [-0.39, 0.29) is 19.5 Å². The summed E-state index contributed by atoms with van der Waals surface area (Å²) in [4.78, 5) is 16.6. The molecule has 0 fully saturated rings. The molecule has 0 bridgehead atoms. The number of aromatic nitrogens is 8. The van der Waals surface area contributed by atoms with E-state index in [4.69, 9.17) is 0 Å². The predicted octanol–water partition coefficient (Wildman–Crippen LogP) is 4.34. The van der Waals surface area contributed by atoms with Crippen LogP contribution in [-0.2, 0) is 19.5 Å². The van der Waals surface area contributed by atoms with Crippen molar-refractivity contribution in [1.29, 1.82) is 0 Å². The Bertz CT molecular complexity index is 1210. The monoisotopic (exact) mass is 546 g/mol. The van der Waals surface area contributed by atoms with Gasteiger partial charge in [-0.25, -0.2) is 0 Å². The molecule has 35 heavy (non-hydrogen) atoms. The Balaban J connectivity index is 0.000000145. The molecule has 0 aliphatic rings. The van der Waals surface area contributed by atoms with Crippen molar-refractivity contribution in [3.8, 4) is 34.2 Å². The van der Waals surface area contributed by atoms with Gasteiger partial charge in [0.05, 0.1) is 11.4 Å². The summed E-state index contributed by atoms with van der Waals surface area (Å²) in [6.07, 6.45) is 10.3. The van der Waals surface area contributed by atoms with Crippen LogP contribution in [0, 0.1) is 0 Å². The third-order valence-electron chi connectivity index (χ3n) is 4.38. The van der Waals surface area contributed by atoms with Gasteiger partial charge in [-0.2, -0.15) is 0 Å². The first kappa shape index (κ1) is 25.3. The molecule has 0 unspecified atom stereocenters. The third kappa shape index (κ3) is 7.87. The topological polar surface area (TPSA) is 106 Å². The van der Waals surface area contributed by atoms with Crippen molar-refractivity contribution < 1.29 is 19.5 Å². The molecular weight excluding hydrogens is 525 g/mol. The summed E-state index contributed by atoms with van der Waals surface area (Å²) < 4.78 is 0. The van der Waals surface area contributed by atoms with Gasteiger partial charge in [0, 0.05) is 48.6 Å². The summed E-state index contributed by atoms with van der Waals surface area (Å²) in [5, 5.41) is 15.2. The molecule has 0 aromatic carbocycles. The van der Waals surface area contributed by atoms with Crippen LogP contribution in [0.1, 0.15) is 0 Å². The minimum absolute atomic E-state index is 0.